The van der Waals surface area contributed by atoms with Crippen LogP contribution in [0.25, 0.3) is 10.6 Å². The molecule has 0 atom stereocenters. The third-order valence-electron chi connectivity index (χ3n) is 2.68. The fourth-order valence-electron chi connectivity index (χ4n) is 1.79. The molecule has 0 saturated heterocycles. The van der Waals surface area contributed by atoms with Crippen LogP contribution < -0.4 is 0 Å². The summed E-state index contributed by atoms with van der Waals surface area (Å²) in [5, 5.41) is 9.84. The second-order valence-electron chi connectivity index (χ2n) is 4.16. The Labute approximate surface area is 120 Å². The van der Waals surface area contributed by atoms with Crippen LogP contribution in [0.2, 0.25) is 0 Å². The van der Waals surface area contributed by atoms with E-state index in [0.717, 1.165) is 22.5 Å². The Morgan fingerprint density at radius 1 is 1.20 bits per heavy atom. The first kappa shape index (κ1) is 14.6. The molecule has 2 aromatic rings. The molecule has 0 amide bonds. The van der Waals surface area contributed by atoms with E-state index < -0.39 is 5.97 Å². The number of carboxylic acid groups (broad SMARTS) is 1. The molecular formula is C14H15NO4S. The first-order chi connectivity index (χ1) is 9.65. The number of thiazole rings is 1. The van der Waals surface area contributed by atoms with Crippen LogP contribution in [0.5, 0.6) is 0 Å². The van der Waals surface area contributed by atoms with E-state index in [0.29, 0.717) is 17.3 Å². The molecule has 0 spiro atoms. The van der Waals surface area contributed by atoms with Crippen molar-refractivity contribution in [2.24, 2.45) is 0 Å². The molecule has 1 aromatic heterocycles. The molecule has 0 aliphatic heterocycles. The van der Waals surface area contributed by atoms with Gasteiger partial charge >= 0.3 is 5.97 Å². The molecule has 0 aliphatic carbocycles. The number of nitrogens with zero attached hydrogens (tertiary/aromatic N) is 1. The normalized spacial score (nSPS) is 10.7. The number of aromatic carboxylic acids is 1. The van der Waals surface area contributed by atoms with Gasteiger partial charge in [-0.1, -0.05) is 24.3 Å². The molecule has 0 bridgehead atoms. The number of methoxy groups -OCH3 is 2. The lowest BCUT2D eigenvalue weighted by Crippen LogP contribution is -1.99. The zero-order valence-corrected chi connectivity index (χ0v) is 12.1. The number of hydrogen-bond donors (Lipinski definition) is 1. The van der Waals surface area contributed by atoms with Crippen molar-refractivity contribution in [3.05, 3.63) is 40.4 Å². The van der Waals surface area contributed by atoms with E-state index in [9.17, 15) is 4.79 Å². The monoisotopic (exact) mass is 293 g/mol. The van der Waals surface area contributed by atoms with Crippen LogP contribution >= 0.6 is 11.3 Å². The van der Waals surface area contributed by atoms with E-state index in [1.54, 1.807) is 7.11 Å². The van der Waals surface area contributed by atoms with Crippen molar-refractivity contribution in [3.8, 4) is 10.6 Å². The van der Waals surface area contributed by atoms with Crippen LogP contribution in [0, 0.1) is 0 Å². The molecule has 2 rings (SSSR count). The van der Waals surface area contributed by atoms with Crippen molar-refractivity contribution in [2.45, 2.75) is 13.2 Å². The molecular weight excluding hydrogens is 278 g/mol. The third-order valence-corrected chi connectivity index (χ3v) is 3.82. The number of ether oxygens (including phenoxy) is 2. The number of aromatic nitrogens is 1. The van der Waals surface area contributed by atoms with Crippen LogP contribution in [-0.2, 0) is 22.7 Å². The molecule has 20 heavy (non-hydrogen) atoms. The number of carboxylic acids is 1. The van der Waals surface area contributed by atoms with Gasteiger partial charge in [0, 0.05) is 19.8 Å². The van der Waals surface area contributed by atoms with Gasteiger partial charge in [0.2, 0.25) is 0 Å². The second-order valence-corrected chi connectivity index (χ2v) is 5.16. The van der Waals surface area contributed by atoms with E-state index in [1.807, 2.05) is 24.3 Å². The number of rotatable bonds is 6. The summed E-state index contributed by atoms with van der Waals surface area (Å²) < 4.78 is 10.0. The Bertz CT molecular complexity index is 592. The summed E-state index contributed by atoms with van der Waals surface area (Å²) in [6.07, 6.45) is 0. The van der Waals surface area contributed by atoms with Crippen molar-refractivity contribution < 1.29 is 19.4 Å². The average molecular weight is 293 g/mol. The maximum atomic E-state index is 11.2. The van der Waals surface area contributed by atoms with Gasteiger partial charge in [-0.3, -0.25) is 0 Å². The number of hydrogen-bond acceptors (Lipinski definition) is 5. The molecule has 106 valence electrons. The highest BCUT2D eigenvalue weighted by Crippen LogP contribution is 2.29. The van der Waals surface area contributed by atoms with Gasteiger partial charge in [0.15, 0.2) is 0 Å². The van der Waals surface area contributed by atoms with Gasteiger partial charge in [-0.2, -0.15) is 0 Å². The second kappa shape index (κ2) is 6.60. The standard InChI is InChI=1S/C14H15NO4S/c1-18-7-9-3-5-10(6-4-9)13-15-11(8-19-2)12(20-13)14(16)17/h3-6H,7-8H2,1-2H3,(H,16,17). The highest BCUT2D eigenvalue weighted by Gasteiger charge is 2.17. The third kappa shape index (κ3) is 3.22. The fraction of sp³-hybridized carbons (Fsp3) is 0.286. The summed E-state index contributed by atoms with van der Waals surface area (Å²) in [7, 11) is 3.16. The molecule has 1 N–H and O–H groups in total. The first-order valence-corrected chi connectivity index (χ1v) is 6.77. The predicted molar refractivity (Wildman–Crippen MR) is 75.9 cm³/mol. The lowest BCUT2D eigenvalue weighted by atomic mass is 10.1. The predicted octanol–water partition coefficient (Wildman–Crippen LogP) is 2.80. The molecule has 0 radical (unpaired) electrons. The Balaban J connectivity index is 2.32. The topological polar surface area (TPSA) is 68.7 Å². The summed E-state index contributed by atoms with van der Waals surface area (Å²) in [6.45, 7) is 0.743. The minimum absolute atomic E-state index is 0.194. The minimum atomic E-state index is -0.975. The largest absolute Gasteiger partial charge is 0.477 e. The number of carbonyl (C=O) groups is 1. The van der Waals surface area contributed by atoms with Gasteiger partial charge in [0.25, 0.3) is 0 Å². The lowest BCUT2D eigenvalue weighted by molar-refractivity contribution is 0.0697. The highest BCUT2D eigenvalue weighted by atomic mass is 32.1. The maximum Gasteiger partial charge on any atom is 0.347 e. The molecule has 0 aliphatic rings. The summed E-state index contributed by atoms with van der Waals surface area (Å²) in [4.78, 5) is 15.8. The van der Waals surface area contributed by atoms with E-state index in [2.05, 4.69) is 4.98 Å². The van der Waals surface area contributed by atoms with Crippen LogP contribution in [-0.4, -0.2) is 30.3 Å². The van der Waals surface area contributed by atoms with E-state index in [-0.39, 0.29) is 11.5 Å². The molecule has 6 heteroatoms. The highest BCUT2D eigenvalue weighted by molar-refractivity contribution is 7.17. The minimum Gasteiger partial charge on any atom is -0.477 e. The van der Waals surface area contributed by atoms with Gasteiger partial charge < -0.3 is 14.6 Å². The van der Waals surface area contributed by atoms with Crippen LogP contribution in [0.1, 0.15) is 20.9 Å². The van der Waals surface area contributed by atoms with Gasteiger partial charge in [-0.05, 0) is 5.56 Å². The summed E-state index contributed by atoms with van der Waals surface area (Å²) in [5.74, 6) is -0.975. The molecule has 1 heterocycles. The van der Waals surface area contributed by atoms with Gasteiger partial charge in [-0.25, -0.2) is 9.78 Å². The Morgan fingerprint density at radius 3 is 2.40 bits per heavy atom. The molecule has 0 saturated carbocycles. The van der Waals surface area contributed by atoms with Crippen molar-refractivity contribution in [3.63, 3.8) is 0 Å². The van der Waals surface area contributed by atoms with Crippen LogP contribution in [0.15, 0.2) is 24.3 Å². The van der Waals surface area contributed by atoms with Crippen molar-refractivity contribution in [1.29, 1.82) is 0 Å². The molecule has 1 aromatic carbocycles. The maximum absolute atomic E-state index is 11.2. The smallest absolute Gasteiger partial charge is 0.347 e. The molecule has 0 unspecified atom stereocenters. The zero-order valence-electron chi connectivity index (χ0n) is 11.3. The van der Waals surface area contributed by atoms with E-state index >= 15 is 0 Å². The van der Waals surface area contributed by atoms with Crippen LogP contribution in [0.3, 0.4) is 0 Å². The number of benzene rings is 1. The summed E-state index contributed by atoms with van der Waals surface area (Å²) in [5.41, 5.74) is 2.41. The first-order valence-electron chi connectivity index (χ1n) is 5.96. The quantitative estimate of drug-likeness (QED) is 0.887. The summed E-state index contributed by atoms with van der Waals surface area (Å²) >= 11 is 1.16. The van der Waals surface area contributed by atoms with Crippen molar-refractivity contribution >= 4 is 17.3 Å². The van der Waals surface area contributed by atoms with Crippen molar-refractivity contribution in [2.75, 3.05) is 14.2 Å². The van der Waals surface area contributed by atoms with Crippen LogP contribution in [0.4, 0.5) is 0 Å². The van der Waals surface area contributed by atoms with E-state index in [1.165, 1.54) is 7.11 Å². The molecule has 0 fully saturated rings. The van der Waals surface area contributed by atoms with Crippen molar-refractivity contribution in [1.82, 2.24) is 4.98 Å². The van der Waals surface area contributed by atoms with Gasteiger partial charge in [0.1, 0.15) is 9.88 Å². The Kier molecular flexibility index (Phi) is 4.84. The van der Waals surface area contributed by atoms with Gasteiger partial charge in [-0.15, -0.1) is 11.3 Å². The van der Waals surface area contributed by atoms with Gasteiger partial charge in [0.05, 0.1) is 18.9 Å². The summed E-state index contributed by atoms with van der Waals surface area (Å²) in [6, 6.07) is 7.71. The Hall–Kier alpha value is -1.76. The lowest BCUT2D eigenvalue weighted by Gasteiger charge is -2.00. The Morgan fingerprint density at radius 2 is 1.85 bits per heavy atom. The fourth-order valence-corrected chi connectivity index (χ4v) is 2.70. The zero-order chi connectivity index (χ0) is 14.5. The average Bonchev–Trinajstić information content (AvgIpc) is 2.85. The SMILES string of the molecule is COCc1ccc(-c2nc(COC)c(C(=O)O)s2)cc1. The molecule has 5 nitrogen and oxygen atoms in total. The van der Waals surface area contributed by atoms with E-state index in [4.69, 9.17) is 14.6 Å².